The van der Waals surface area contributed by atoms with E-state index in [0.29, 0.717) is 0 Å². The molecule has 1 fully saturated rings. The lowest BCUT2D eigenvalue weighted by atomic mass is 10.2. The van der Waals surface area contributed by atoms with Crippen LogP contribution in [0, 0.1) is 0 Å². The van der Waals surface area contributed by atoms with Crippen molar-refractivity contribution in [1.82, 2.24) is 9.97 Å². The minimum Gasteiger partial charge on any atom is -0.314 e. The maximum Gasteiger partial charge on any atom is 0.275 e. The zero-order chi connectivity index (χ0) is 8.82. The van der Waals surface area contributed by atoms with E-state index in [1.54, 1.807) is 6.07 Å². The molecule has 1 aromatic rings. The molecule has 12 heavy (non-hydrogen) atoms. The monoisotopic (exact) mass is 171 g/mol. The molecule has 1 saturated carbocycles. The van der Waals surface area contributed by atoms with Gasteiger partial charge in [-0.2, -0.15) is 0 Å². The van der Waals surface area contributed by atoms with Gasteiger partial charge in [0.1, 0.15) is 5.54 Å². The van der Waals surface area contributed by atoms with E-state index in [9.17, 15) is 8.78 Å². The maximum absolute atomic E-state index is 12.7. The van der Waals surface area contributed by atoms with Crippen molar-refractivity contribution in [2.45, 2.75) is 17.9 Å². The van der Waals surface area contributed by atoms with E-state index < -0.39 is 11.5 Å². The molecular formula is C7H7F2N3. The largest absolute Gasteiger partial charge is 0.314 e. The first-order chi connectivity index (χ1) is 5.56. The van der Waals surface area contributed by atoms with Gasteiger partial charge in [-0.25, -0.2) is 18.7 Å². The van der Waals surface area contributed by atoms with Gasteiger partial charge in [-0.05, 0) is 6.07 Å². The highest BCUT2D eigenvalue weighted by atomic mass is 19.3. The van der Waals surface area contributed by atoms with Gasteiger partial charge in [-0.15, -0.1) is 0 Å². The SMILES string of the molecule is NC1(c2ncccn2)CC1(F)F. The average Bonchev–Trinajstić information content (AvgIpc) is 2.55. The van der Waals surface area contributed by atoms with Gasteiger partial charge in [0.25, 0.3) is 5.92 Å². The number of aromatic nitrogens is 2. The number of rotatable bonds is 1. The molecule has 0 saturated heterocycles. The van der Waals surface area contributed by atoms with Crippen molar-refractivity contribution in [2.24, 2.45) is 5.73 Å². The van der Waals surface area contributed by atoms with E-state index >= 15 is 0 Å². The Kier molecular flexibility index (Phi) is 1.24. The van der Waals surface area contributed by atoms with Gasteiger partial charge in [-0.1, -0.05) is 0 Å². The molecule has 2 rings (SSSR count). The molecule has 1 heterocycles. The summed E-state index contributed by atoms with van der Waals surface area (Å²) in [5, 5.41) is 0. The van der Waals surface area contributed by atoms with Gasteiger partial charge in [0.2, 0.25) is 0 Å². The quantitative estimate of drug-likeness (QED) is 0.675. The lowest BCUT2D eigenvalue weighted by molar-refractivity contribution is 0.0870. The van der Waals surface area contributed by atoms with E-state index in [4.69, 9.17) is 5.73 Å². The summed E-state index contributed by atoms with van der Waals surface area (Å²) in [7, 11) is 0. The Morgan fingerprint density at radius 3 is 2.25 bits per heavy atom. The summed E-state index contributed by atoms with van der Waals surface area (Å²) in [6.07, 6.45) is 2.46. The molecule has 3 nitrogen and oxygen atoms in total. The lowest BCUT2D eigenvalue weighted by Crippen LogP contribution is -2.29. The minimum atomic E-state index is -2.84. The van der Waals surface area contributed by atoms with Crippen molar-refractivity contribution < 1.29 is 8.78 Å². The Morgan fingerprint density at radius 2 is 1.83 bits per heavy atom. The molecular weight excluding hydrogens is 164 g/mol. The number of nitrogens with two attached hydrogens (primary N) is 1. The van der Waals surface area contributed by atoms with Gasteiger partial charge in [-0.3, -0.25) is 0 Å². The third-order valence-corrected chi connectivity index (χ3v) is 1.99. The second-order valence-electron chi connectivity index (χ2n) is 2.92. The van der Waals surface area contributed by atoms with Gasteiger partial charge in [0, 0.05) is 18.8 Å². The smallest absolute Gasteiger partial charge is 0.275 e. The zero-order valence-electron chi connectivity index (χ0n) is 6.17. The summed E-state index contributed by atoms with van der Waals surface area (Å²) < 4.78 is 25.3. The third-order valence-electron chi connectivity index (χ3n) is 1.99. The molecule has 0 aromatic carbocycles. The first-order valence-electron chi connectivity index (χ1n) is 3.50. The molecule has 64 valence electrons. The topological polar surface area (TPSA) is 51.8 Å². The summed E-state index contributed by atoms with van der Waals surface area (Å²) in [5.41, 5.74) is 3.75. The van der Waals surface area contributed by atoms with Crippen LogP contribution in [0.1, 0.15) is 12.2 Å². The number of halogens is 2. The van der Waals surface area contributed by atoms with Crippen LogP contribution in [0.5, 0.6) is 0 Å². The lowest BCUT2D eigenvalue weighted by Gasteiger charge is -2.06. The molecule has 1 unspecified atom stereocenters. The van der Waals surface area contributed by atoms with Crippen LogP contribution in [0.3, 0.4) is 0 Å². The number of nitrogens with zero attached hydrogens (tertiary/aromatic N) is 2. The van der Waals surface area contributed by atoms with E-state index in [1.807, 2.05) is 0 Å². The molecule has 1 aromatic heterocycles. The fraction of sp³-hybridized carbons (Fsp3) is 0.429. The molecule has 5 heteroatoms. The van der Waals surface area contributed by atoms with Crippen molar-refractivity contribution >= 4 is 0 Å². The normalized spacial score (nSPS) is 31.6. The molecule has 0 bridgehead atoms. The van der Waals surface area contributed by atoms with Crippen LogP contribution in [-0.2, 0) is 5.54 Å². The van der Waals surface area contributed by atoms with Gasteiger partial charge < -0.3 is 5.73 Å². The van der Waals surface area contributed by atoms with Crippen LogP contribution in [0.2, 0.25) is 0 Å². The zero-order valence-corrected chi connectivity index (χ0v) is 6.17. The minimum absolute atomic E-state index is 0.0231. The molecule has 0 aliphatic heterocycles. The fourth-order valence-corrected chi connectivity index (χ4v) is 1.08. The van der Waals surface area contributed by atoms with Crippen LogP contribution in [0.4, 0.5) is 8.78 Å². The maximum atomic E-state index is 12.7. The number of hydrogen-bond acceptors (Lipinski definition) is 3. The van der Waals surface area contributed by atoms with Crippen molar-refractivity contribution in [2.75, 3.05) is 0 Å². The standard InChI is InChI=1S/C7H7F2N3/c8-7(9)4-6(7,10)5-11-2-1-3-12-5/h1-3H,4,10H2. The Balaban J connectivity index is 2.35. The van der Waals surface area contributed by atoms with Gasteiger partial charge >= 0.3 is 0 Å². The molecule has 1 aliphatic rings. The molecule has 1 aliphatic carbocycles. The highest BCUT2D eigenvalue weighted by Crippen LogP contribution is 2.56. The van der Waals surface area contributed by atoms with Crippen molar-refractivity contribution in [1.29, 1.82) is 0 Å². The predicted molar refractivity (Wildman–Crippen MR) is 37.5 cm³/mol. The highest BCUT2D eigenvalue weighted by molar-refractivity contribution is 5.24. The fourth-order valence-electron chi connectivity index (χ4n) is 1.08. The van der Waals surface area contributed by atoms with E-state index in [-0.39, 0.29) is 12.2 Å². The van der Waals surface area contributed by atoms with Crippen LogP contribution in [0.25, 0.3) is 0 Å². The molecule has 2 N–H and O–H groups in total. The summed E-state index contributed by atoms with van der Waals surface area (Å²) in [6, 6.07) is 1.56. The predicted octanol–water partition coefficient (Wildman–Crippen LogP) is 0.670. The van der Waals surface area contributed by atoms with Crippen LogP contribution in [0.15, 0.2) is 18.5 Å². The summed E-state index contributed by atoms with van der Waals surface area (Å²) >= 11 is 0. The Hall–Kier alpha value is -1.10. The average molecular weight is 171 g/mol. The molecule has 0 radical (unpaired) electrons. The first kappa shape index (κ1) is 7.54. The highest BCUT2D eigenvalue weighted by Gasteiger charge is 2.72. The number of alkyl halides is 2. The third kappa shape index (κ3) is 0.828. The molecule has 0 amide bonds. The van der Waals surface area contributed by atoms with Gasteiger partial charge in [0.15, 0.2) is 5.82 Å². The summed E-state index contributed by atoms with van der Waals surface area (Å²) in [4.78, 5) is 7.38. The van der Waals surface area contributed by atoms with E-state index in [2.05, 4.69) is 9.97 Å². The van der Waals surface area contributed by atoms with Gasteiger partial charge in [0.05, 0.1) is 0 Å². The van der Waals surface area contributed by atoms with Crippen molar-refractivity contribution in [3.63, 3.8) is 0 Å². The van der Waals surface area contributed by atoms with Crippen molar-refractivity contribution in [3.8, 4) is 0 Å². The van der Waals surface area contributed by atoms with E-state index in [1.165, 1.54) is 12.4 Å². The van der Waals surface area contributed by atoms with E-state index in [0.717, 1.165) is 0 Å². The second-order valence-corrected chi connectivity index (χ2v) is 2.92. The Labute approximate surface area is 67.6 Å². The van der Waals surface area contributed by atoms with Crippen LogP contribution >= 0.6 is 0 Å². The Morgan fingerprint density at radius 1 is 1.33 bits per heavy atom. The second kappa shape index (κ2) is 1.98. The summed E-state index contributed by atoms with van der Waals surface area (Å²) in [6.45, 7) is 0. The van der Waals surface area contributed by atoms with Crippen molar-refractivity contribution in [3.05, 3.63) is 24.3 Å². The van der Waals surface area contributed by atoms with Crippen LogP contribution < -0.4 is 5.73 Å². The Bertz CT molecular complexity index is 301. The first-order valence-corrected chi connectivity index (χ1v) is 3.50. The summed E-state index contributed by atoms with van der Waals surface area (Å²) in [5.74, 6) is -2.82. The number of hydrogen-bond donors (Lipinski definition) is 1. The molecule has 0 spiro atoms. The molecule has 1 atom stereocenters. The van der Waals surface area contributed by atoms with Crippen LogP contribution in [-0.4, -0.2) is 15.9 Å².